The summed E-state index contributed by atoms with van der Waals surface area (Å²) in [6.07, 6.45) is 7.68. The number of ether oxygens (including phenoxy) is 1. The highest BCUT2D eigenvalue weighted by molar-refractivity contribution is 6.30. The van der Waals surface area contributed by atoms with E-state index < -0.39 is 0 Å². The summed E-state index contributed by atoms with van der Waals surface area (Å²) < 4.78 is 6.26. The number of halogens is 1. The fourth-order valence-corrected chi connectivity index (χ4v) is 3.97. The molecule has 2 fully saturated rings. The SMILES string of the molecule is Cc1cc(Cl)ccc1OC1CC(N)C12CCCCC2. The van der Waals surface area contributed by atoms with Crippen molar-refractivity contribution in [3.8, 4) is 5.75 Å². The van der Waals surface area contributed by atoms with Gasteiger partial charge in [0.25, 0.3) is 0 Å². The molecule has 2 saturated carbocycles. The van der Waals surface area contributed by atoms with Gasteiger partial charge >= 0.3 is 0 Å². The lowest BCUT2D eigenvalue weighted by Gasteiger charge is -2.56. The van der Waals surface area contributed by atoms with E-state index in [4.69, 9.17) is 22.1 Å². The average molecular weight is 280 g/mol. The van der Waals surface area contributed by atoms with Crippen LogP contribution in [0.4, 0.5) is 0 Å². The van der Waals surface area contributed by atoms with Crippen LogP contribution >= 0.6 is 11.6 Å². The molecule has 2 aliphatic rings. The van der Waals surface area contributed by atoms with Crippen LogP contribution in [0, 0.1) is 12.3 Å². The molecular weight excluding hydrogens is 258 g/mol. The molecule has 0 amide bonds. The normalized spacial score (nSPS) is 29.0. The Morgan fingerprint density at radius 1 is 1.26 bits per heavy atom. The minimum atomic E-state index is 0.240. The minimum absolute atomic E-state index is 0.240. The second kappa shape index (κ2) is 4.99. The maximum absolute atomic E-state index is 6.29. The van der Waals surface area contributed by atoms with Crippen molar-refractivity contribution in [2.24, 2.45) is 11.1 Å². The van der Waals surface area contributed by atoms with Crippen molar-refractivity contribution in [2.45, 2.75) is 57.6 Å². The summed E-state index contributed by atoms with van der Waals surface area (Å²) in [6, 6.07) is 6.17. The third kappa shape index (κ3) is 2.25. The summed E-state index contributed by atoms with van der Waals surface area (Å²) in [7, 11) is 0. The first-order chi connectivity index (χ1) is 9.12. The van der Waals surface area contributed by atoms with Crippen molar-refractivity contribution in [1.82, 2.24) is 0 Å². The standard InChI is InChI=1S/C16H22ClNO/c1-11-9-12(17)5-6-13(11)19-15-10-14(18)16(15)7-3-2-4-8-16/h5-6,9,14-15H,2-4,7-8,10,18H2,1H3. The van der Waals surface area contributed by atoms with E-state index in [-0.39, 0.29) is 5.41 Å². The lowest BCUT2D eigenvalue weighted by molar-refractivity contribution is -0.0900. The molecule has 0 aromatic heterocycles. The van der Waals surface area contributed by atoms with E-state index >= 15 is 0 Å². The van der Waals surface area contributed by atoms with Crippen LogP contribution in [-0.4, -0.2) is 12.1 Å². The lowest BCUT2D eigenvalue weighted by atomic mass is 9.55. The third-order valence-corrected chi connectivity index (χ3v) is 5.27. The zero-order chi connectivity index (χ0) is 13.5. The summed E-state index contributed by atoms with van der Waals surface area (Å²) in [5, 5.41) is 0.766. The molecule has 2 atom stereocenters. The van der Waals surface area contributed by atoms with Crippen molar-refractivity contribution in [3.05, 3.63) is 28.8 Å². The predicted molar refractivity (Wildman–Crippen MR) is 78.7 cm³/mol. The topological polar surface area (TPSA) is 35.2 Å². The molecule has 3 heteroatoms. The van der Waals surface area contributed by atoms with Gasteiger partial charge in [0.05, 0.1) is 0 Å². The first-order valence-corrected chi connectivity index (χ1v) is 7.68. The maximum Gasteiger partial charge on any atom is 0.122 e. The molecule has 3 rings (SSSR count). The Bertz CT molecular complexity index is 468. The van der Waals surface area contributed by atoms with Gasteiger partial charge in [0.2, 0.25) is 0 Å². The number of rotatable bonds is 2. The van der Waals surface area contributed by atoms with Crippen LogP contribution in [0.5, 0.6) is 5.75 Å². The summed E-state index contributed by atoms with van der Waals surface area (Å²) in [5.74, 6) is 0.964. The highest BCUT2D eigenvalue weighted by atomic mass is 35.5. The molecule has 2 N–H and O–H groups in total. The molecule has 0 radical (unpaired) electrons. The number of aryl methyl sites for hydroxylation is 1. The molecule has 1 spiro atoms. The monoisotopic (exact) mass is 279 g/mol. The Hall–Kier alpha value is -0.730. The Morgan fingerprint density at radius 3 is 2.63 bits per heavy atom. The van der Waals surface area contributed by atoms with Crippen molar-refractivity contribution in [1.29, 1.82) is 0 Å². The number of benzene rings is 1. The summed E-state index contributed by atoms with van der Waals surface area (Å²) in [5.41, 5.74) is 7.64. The second-order valence-corrected chi connectivity index (χ2v) is 6.59. The summed E-state index contributed by atoms with van der Waals surface area (Å²) in [4.78, 5) is 0. The lowest BCUT2D eigenvalue weighted by Crippen LogP contribution is -2.64. The first kappa shape index (κ1) is 13.3. The highest BCUT2D eigenvalue weighted by Crippen LogP contribution is 2.52. The first-order valence-electron chi connectivity index (χ1n) is 7.30. The molecule has 19 heavy (non-hydrogen) atoms. The number of hydrogen-bond donors (Lipinski definition) is 1. The summed E-state index contributed by atoms with van der Waals surface area (Å²) in [6.45, 7) is 2.05. The van der Waals surface area contributed by atoms with Crippen LogP contribution in [0.15, 0.2) is 18.2 Å². The second-order valence-electron chi connectivity index (χ2n) is 6.15. The van der Waals surface area contributed by atoms with Crippen LogP contribution in [0.2, 0.25) is 5.02 Å². The van der Waals surface area contributed by atoms with E-state index in [9.17, 15) is 0 Å². The third-order valence-electron chi connectivity index (χ3n) is 5.04. The predicted octanol–water partition coefficient (Wildman–Crippen LogP) is 4.08. The Balaban J connectivity index is 1.76. The molecule has 2 aliphatic carbocycles. The van der Waals surface area contributed by atoms with Crippen LogP contribution in [-0.2, 0) is 0 Å². The Labute approximate surface area is 120 Å². The molecular formula is C16H22ClNO. The van der Waals surface area contributed by atoms with Gasteiger partial charge in [-0.25, -0.2) is 0 Å². The molecule has 2 nitrogen and oxygen atoms in total. The van der Waals surface area contributed by atoms with Gasteiger partial charge in [-0.1, -0.05) is 30.9 Å². The fourth-order valence-electron chi connectivity index (χ4n) is 3.74. The van der Waals surface area contributed by atoms with Gasteiger partial charge in [0.15, 0.2) is 0 Å². The van der Waals surface area contributed by atoms with Crippen LogP contribution < -0.4 is 10.5 Å². The average Bonchev–Trinajstić information content (AvgIpc) is 2.42. The quantitative estimate of drug-likeness (QED) is 0.885. The zero-order valence-corrected chi connectivity index (χ0v) is 12.2. The van der Waals surface area contributed by atoms with E-state index in [0.29, 0.717) is 12.1 Å². The van der Waals surface area contributed by atoms with Gasteiger partial charge in [-0.2, -0.15) is 0 Å². The minimum Gasteiger partial charge on any atom is -0.489 e. The molecule has 0 heterocycles. The van der Waals surface area contributed by atoms with Crippen LogP contribution in [0.25, 0.3) is 0 Å². The maximum atomic E-state index is 6.29. The molecule has 104 valence electrons. The number of hydrogen-bond acceptors (Lipinski definition) is 2. The van der Waals surface area contributed by atoms with Gasteiger partial charge in [0, 0.05) is 22.9 Å². The highest BCUT2D eigenvalue weighted by Gasteiger charge is 2.54. The molecule has 1 aromatic carbocycles. The fraction of sp³-hybridized carbons (Fsp3) is 0.625. The largest absolute Gasteiger partial charge is 0.489 e. The number of nitrogens with two attached hydrogens (primary N) is 1. The molecule has 2 unspecified atom stereocenters. The van der Waals surface area contributed by atoms with Gasteiger partial charge < -0.3 is 10.5 Å². The summed E-state index contributed by atoms with van der Waals surface area (Å²) >= 11 is 5.99. The Kier molecular flexibility index (Phi) is 3.48. The van der Waals surface area contributed by atoms with Gasteiger partial charge in [-0.05, 0) is 43.5 Å². The van der Waals surface area contributed by atoms with Crippen molar-refractivity contribution >= 4 is 11.6 Å². The molecule has 0 saturated heterocycles. The molecule has 0 aliphatic heterocycles. The van der Waals surface area contributed by atoms with Crippen LogP contribution in [0.3, 0.4) is 0 Å². The zero-order valence-electron chi connectivity index (χ0n) is 11.5. The van der Waals surface area contributed by atoms with Crippen molar-refractivity contribution in [3.63, 3.8) is 0 Å². The van der Waals surface area contributed by atoms with E-state index in [1.807, 2.05) is 25.1 Å². The van der Waals surface area contributed by atoms with E-state index in [1.165, 1.54) is 32.1 Å². The van der Waals surface area contributed by atoms with Crippen molar-refractivity contribution in [2.75, 3.05) is 0 Å². The van der Waals surface area contributed by atoms with Crippen LogP contribution in [0.1, 0.15) is 44.1 Å². The van der Waals surface area contributed by atoms with Gasteiger partial charge in [-0.3, -0.25) is 0 Å². The van der Waals surface area contributed by atoms with Crippen molar-refractivity contribution < 1.29 is 4.74 Å². The van der Waals surface area contributed by atoms with Gasteiger partial charge in [-0.15, -0.1) is 0 Å². The van der Waals surface area contributed by atoms with E-state index in [2.05, 4.69) is 0 Å². The molecule has 0 bridgehead atoms. The Morgan fingerprint density at radius 2 is 2.00 bits per heavy atom. The van der Waals surface area contributed by atoms with Gasteiger partial charge in [0.1, 0.15) is 11.9 Å². The van der Waals surface area contributed by atoms with E-state index in [0.717, 1.165) is 22.8 Å². The molecule has 1 aromatic rings. The van der Waals surface area contributed by atoms with E-state index in [1.54, 1.807) is 0 Å². The smallest absolute Gasteiger partial charge is 0.122 e.